The minimum Gasteiger partial charge on any atom is -0.464 e. The molecule has 0 bridgehead atoms. The number of carbonyl (C=O) groups excluding carboxylic acids is 1. The van der Waals surface area contributed by atoms with Crippen LogP contribution in [-0.2, 0) is 4.74 Å². The summed E-state index contributed by atoms with van der Waals surface area (Å²) >= 11 is 1.57. The van der Waals surface area contributed by atoms with Crippen LogP contribution in [0.1, 0.15) is 28.2 Å². The molecule has 0 aliphatic carbocycles. The minimum absolute atomic E-state index is 0.346. The van der Waals surface area contributed by atoms with Gasteiger partial charge in [0.1, 0.15) is 0 Å². The van der Waals surface area contributed by atoms with Crippen molar-refractivity contribution in [1.82, 2.24) is 9.88 Å². The van der Waals surface area contributed by atoms with Crippen LogP contribution in [0.2, 0.25) is 0 Å². The Bertz CT molecular complexity index is 459. The average molecular weight is 283 g/mol. The van der Waals surface area contributed by atoms with Crippen molar-refractivity contribution in [3.05, 3.63) is 10.6 Å². The van der Waals surface area contributed by atoms with E-state index in [9.17, 15) is 4.79 Å². The molecule has 1 saturated heterocycles. The van der Waals surface area contributed by atoms with Crippen molar-refractivity contribution in [2.75, 3.05) is 39.2 Å². The van der Waals surface area contributed by atoms with Gasteiger partial charge < -0.3 is 14.5 Å². The quantitative estimate of drug-likeness (QED) is 0.791. The fourth-order valence-corrected chi connectivity index (χ4v) is 3.29. The van der Waals surface area contributed by atoms with E-state index >= 15 is 0 Å². The highest BCUT2D eigenvalue weighted by atomic mass is 32.1. The van der Waals surface area contributed by atoms with Crippen LogP contribution < -0.4 is 4.90 Å². The van der Waals surface area contributed by atoms with Gasteiger partial charge in [-0.25, -0.2) is 9.78 Å². The minimum atomic E-state index is -0.346. The van der Waals surface area contributed by atoms with Gasteiger partial charge in [-0.3, -0.25) is 0 Å². The van der Waals surface area contributed by atoms with Crippen molar-refractivity contribution in [3.63, 3.8) is 0 Å². The van der Waals surface area contributed by atoms with Crippen LogP contribution in [0.25, 0.3) is 0 Å². The second kappa shape index (κ2) is 5.88. The van der Waals surface area contributed by atoms with Crippen molar-refractivity contribution in [3.8, 4) is 0 Å². The number of aryl methyl sites for hydroxylation is 1. The molecule has 0 radical (unpaired) electrons. The zero-order valence-corrected chi connectivity index (χ0v) is 12.8. The van der Waals surface area contributed by atoms with Crippen molar-refractivity contribution < 1.29 is 9.53 Å². The molecule has 0 spiro atoms. The first-order valence-electron chi connectivity index (χ1n) is 6.50. The summed E-state index contributed by atoms with van der Waals surface area (Å²) in [6, 6.07) is 0.555. The summed E-state index contributed by atoms with van der Waals surface area (Å²) in [4.78, 5) is 21.5. The molecule has 5 nitrogen and oxygen atoms in total. The number of thiazole rings is 1. The molecule has 0 saturated carbocycles. The first-order chi connectivity index (χ1) is 9.02. The summed E-state index contributed by atoms with van der Waals surface area (Å²) in [5.41, 5.74) is 0.453. The lowest BCUT2D eigenvalue weighted by Crippen LogP contribution is -2.45. The maximum Gasteiger partial charge on any atom is 0.357 e. The molecule has 1 atom stereocenters. The molecule has 1 fully saturated rings. The largest absolute Gasteiger partial charge is 0.464 e. The van der Waals surface area contributed by atoms with Gasteiger partial charge in [0, 0.05) is 24.0 Å². The normalized spacial score (nSPS) is 19.8. The van der Waals surface area contributed by atoms with E-state index in [1.807, 2.05) is 6.92 Å². The van der Waals surface area contributed by atoms with Gasteiger partial charge in [-0.1, -0.05) is 0 Å². The van der Waals surface area contributed by atoms with Crippen molar-refractivity contribution >= 4 is 22.4 Å². The molecule has 1 unspecified atom stereocenters. The van der Waals surface area contributed by atoms with Crippen LogP contribution in [0, 0.1) is 6.92 Å². The number of aromatic nitrogens is 1. The number of anilines is 1. The van der Waals surface area contributed by atoms with E-state index in [1.165, 1.54) is 13.5 Å². The van der Waals surface area contributed by atoms with Crippen molar-refractivity contribution in [1.29, 1.82) is 0 Å². The first kappa shape index (κ1) is 14.3. The zero-order chi connectivity index (χ0) is 14.0. The monoisotopic (exact) mass is 283 g/mol. The maximum absolute atomic E-state index is 11.6. The fourth-order valence-electron chi connectivity index (χ4n) is 2.35. The average Bonchev–Trinajstić information content (AvgIpc) is 2.80. The lowest BCUT2D eigenvalue weighted by molar-refractivity contribution is 0.0594. The van der Waals surface area contributed by atoms with Gasteiger partial charge in [0.05, 0.1) is 7.11 Å². The number of ether oxygens (including phenoxy) is 1. The van der Waals surface area contributed by atoms with Gasteiger partial charge in [0.25, 0.3) is 0 Å². The first-order valence-corrected chi connectivity index (χ1v) is 7.31. The summed E-state index contributed by atoms with van der Waals surface area (Å²) in [6.07, 6.45) is 2.38. The Morgan fingerprint density at radius 2 is 2.26 bits per heavy atom. The number of carbonyl (C=O) groups is 1. The Morgan fingerprint density at radius 1 is 1.53 bits per heavy atom. The molecule has 6 heteroatoms. The van der Waals surface area contributed by atoms with Gasteiger partial charge in [-0.15, -0.1) is 11.3 Å². The standard InChI is InChI=1S/C13H21N3O2S/c1-9-11(12(17)18-4)14-13(19-9)16-7-5-6-10(8-16)15(2)3/h10H,5-8H2,1-4H3. The van der Waals surface area contributed by atoms with Crippen LogP contribution in [0.5, 0.6) is 0 Å². The van der Waals surface area contributed by atoms with Gasteiger partial charge in [-0.05, 0) is 33.9 Å². The van der Waals surface area contributed by atoms with Crippen LogP contribution in [-0.4, -0.2) is 56.2 Å². The SMILES string of the molecule is COC(=O)c1nc(N2CCCC(N(C)C)C2)sc1C. The third-order valence-corrected chi connectivity index (χ3v) is 4.59. The lowest BCUT2D eigenvalue weighted by atomic mass is 10.1. The number of nitrogens with zero attached hydrogens (tertiary/aromatic N) is 3. The Hall–Kier alpha value is -1.14. The molecule has 1 aromatic rings. The van der Waals surface area contributed by atoms with E-state index in [0.29, 0.717) is 11.7 Å². The number of methoxy groups -OCH3 is 1. The van der Waals surface area contributed by atoms with Crippen LogP contribution in [0.15, 0.2) is 0 Å². The second-order valence-electron chi connectivity index (χ2n) is 5.10. The molecular formula is C13H21N3O2S. The van der Waals surface area contributed by atoms with Gasteiger partial charge >= 0.3 is 5.97 Å². The molecule has 1 aliphatic heterocycles. The Balaban J connectivity index is 2.15. The third kappa shape index (κ3) is 3.06. The summed E-state index contributed by atoms with van der Waals surface area (Å²) in [7, 11) is 5.62. The highest BCUT2D eigenvalue weighted by Gasteiger charge is 2.25. The summed E-state index contributed by atoms with van der Waals surface area (Å²) in [5.74, 6) is -0.346. The Kier molecular flexibility index (Phi) is 4.42. The van der Waals surface area contributed by atoms with Gasteiger partial charge in [-0.2, -0.15) is 0 Å². The van der Waals surface area contributed by atoms with Crippen LogP contribution in [0.3, 0.4) is 0 Å². The summed E-state index contributed by atoms with van der Waals surface area (Å²) in [5, 5.41) is 0.935. The number of likely N-dealkylation sites (N-methyl/N-ethyl adjacent to an activating group) is 1. The molecule has 1 aliphatic rings. The number of piperidine rings is 1. The van der Waals surface area contributed by atoms with E-state index in [-0.39, 0.29) is 5.97 Å². The molecule has 1 aromatic heterocycles. The van der Waals surface area contributed by atoms with E-state index in [4.69, 9.17) is 4.74 Å². The van der Waals surface area contributed by atoms with E-state index in [2.05, 4.69) is 28.9 Å². The van der Waals surface area contributed by atoms with Crippen molar-refractivity contribution in [2.24, 2.45) is 0 Å². The molecular weight excluding hydrogens is 262 g/mol. The van der Waals surface area contributed by atoms with Crippen LogP contribution >= 0.6 is 11.3 Å². The van der Waals surface area contributed by atoms with Crippen LogP contribution in [0.4, 0.5) is 5.13 Å². The molecule has 2 heterocycles. The van der Waals surface area contributed by atoms with Gasteiger partial charge in [0.15, 0.2) is 10.8 Å². The lowest BCUT2D eigenvalue weighted by Gasteiger charge is -2.35. The van der Waals surface area contributed by atoms with Crippen molar-refractivity contribution in [2.45, 2.75) is 25.8 Å². The van der Waals surface area contributed by atoms with E-state index < -0.39 is 0 Å². The molecule has 0 N–H and O–H groups in total. The topological polar surface area (TPSA) is 45.7 Å². The molecule has 0 amide bonds. The number of rotatable bonds is 3. The predicted molar refractivity (Wildman–Crippen MR) is 77.1 cm³/mol. The van der Waals surface area contributed by atoms with Gasteiger partial charge in [0.2, 0.25) is 0 Å². The number of hydrogen-bond donors (Lipinski definition) is 0. The number of esters is 1. The molecule has 106 valence electrons. The van der Waals surface area contributed by atoms with E-state index in [0.717, 1.165) is 29.5 Å². The second-order valence-corrected chi connectivity index (χ2v) is 6.28. The number of hydrogen-bond acceptors (Lipinski definition) is 6. The Labute approximate surface area is 118 Å². The molecule has 2 rings (SSSR count). The highest BCUT2D eigenvalue weighted by Crippen LogP contribution is 2.29. The maximum atomic E-state index is 11.6. The summed E-state index contributed by atoms with van der Waals surface area (Å²) in [6.45, 7) is 3.90. The Morgan fingerprint density at radius 3 is 2.89 bits per heavy atom. The predicted octanol–water partition coefficient (Wildman–Crippen LogP) is 1.77. The molecule has 0 aromatic carbocycles. The highest BCUT2D eigenvalue weighted by molar-refractivity contribution is 7.15. The zero-order valence-electron chi connectivity index (χ0n) is 12.0. The fraction of sp³-hybridized carbons (Fsp3) is 0.692. The summed E-state index contributed by atoms with van der Waals surface area (Å²) < 4.78 is 4.76. The smallest absolute Gasteiger partial charge is 0.357 e. The van der Waals surface area contributed by atoms with E-state index in [1.54, 1.807) is 11.3 Å². The molecule has 19 heavy (non-hydrogen) atoms. The third-order valence-electron chi connectivity index (χ3n) is 3.56.